The second-order valence-electron chi connectivity index (χ2n) is 3.43. The number of H-pyrrole nitrogens is 1. The summed E-state index contributed by atoms with van der Waals surface area (Å²) < 4.78 is 0.503. The van der Waals surface area contributed by atoms with E-state index in [1.807, 2.05) is 13.0 Å². The van der Waals surface area contributed by atoms with Crippen molar-refractivity contribution in [2.45, 2.75) is 20.3 Å². The van der Waals surface area contributed by atoms with Crippen LogP contribution in [0.5, 0.6) is 0 Å². The predicted molar refractivity (Wildman–Crippen MR) is 70.0 cm³/mol. The van der Waals surface area contributed by atoms with Crippen molar-refractivity contribution in [2.75, 3.05) is 0 Å². The third-order valence-corrected chi connectivity index (χ3v) is 4.44. The number of thiophene rings is 1. The number of halogens is 1. The molecule has 0 aliphatic heterocycles. The molecule has 0 aromatic carbocycles. The Morgan fingerprint density at radius 3 is 2.81 bits per heavy atom. The summed E-state index contributed by atoms with van der Waals surface area (Å²) in [4.78, 5) is 21.0. The molecule has 5 heteroatoms. The summed E-state index contributed by atoms with van der Waals surface area (Å²) in [5.74, 6) is 0.649. The summed E-state index contributed by atoms with van der Waals surface area (Å²) in [6, 6.07) is 4.06. The maximum atomic E-state index is 11.6. The summed E-state index contributed by atoms with van der Waals surface area (Å²) in [5, 5.41) is 0. The summed E-state index contributed by atoms with van der Waals surface area (Å²) in [7, 11) is 0. The van der Waals surface area contributed by atoms with Crippen molar-refractivity contribution >= 4 is 27.3 Å². The highest BCUT2D eigenvalue weighted by molar-refractivity contribution is 9.10. The van der Waals surface area contributed by atoms with Crippen molar-refractivity contribution in [3.8, 4) is 10.7 Å². The molecule has 0 aliphatic rings. The van der Waals surface area contributed by atoms with Gasteiger partial charge >= 0.3 is 0 Å². The zero-order valence-electron chi connectivity index (χ0n) is 9.00. The average Bonchev–Trinajstić information content (AvgIpc) is 2.73. The number of aromatic amines is 1. The molecular weight excluding hydrogens is 288 g/mol. The van der Waals surface area contributed by atoms with Crippen LogP contribution in [0.3, 0.4) is 0 Å². The molecule has 0 unspecified atom stereocenters. The molecule has 0 spiro atoms. The van der Waals surface area contributed by atoms with Crippen molar-refractivity contribution < 1.29 is 0 Å². The van der Waals surface area contributed by atoms with Gasteiger partial charge in [-0.2, -0.15) is 0 Å². The molecular formula is C11H11BrN2OS. The van der Waals surface area contributed by atoms with Gasteiger partial charge in [-0.3, -0.25) is 4.79 Å². The summed E-state index contributed by atoms with van der Waals surface area (Å²) in [5.41, 5.74) is 0.583. The van der Waals surface area contributed by atoms with Crippen LogP contribution >= 0.6 is 27.3 Å². The largest absolute Gasteiger partial charge is 0.305 e. The molecule has 0 aliphatic carbocycles. The minimum atomic E-state index is -0.131. The monoisotopic (exact) mass is 298 g/mol. The third kappa shape index (κ3) is 2.10. The maximum Gasteiger partial charge on any atom is 0.265 e. The number of nitrogens with one attached hydrogen (secondary N) is 1. The van der Waals surface area contributed by atoms with Crippen LogP contribution in [0.1, 0.15) is 17.5 Å². The molecule has 2 heterocycles. The lowest BCUT2D eigenvalue weighted by molar-refractivity contribution is 1.06. The van der Waals surface area contributed by atoms with Gasteiger partial charge in [-0.1, -0.05) is 6.92 Å². The highest BCUT2D eigenvalue weighted by Gasteiger charge is 2.08. The molecule has 1 N–H and O–H groups in total. The second-order valence-corrected chi connectivity index (χ2v) is 5.39. The summed E-state index contributed by atoms with van der Waals surface area (Å²) >= 11 is 4.86. The molecule has 84 valence electrons. The van der Waals surface area contributed by atoms with E-state index >= 15 is 0 Å². The van der Waals surface area contributed by atoms with E-state index < -0.39 is 0 Å². The van der Waals surface area contributed by atoms with Crippen molar-refractivity contribution in [3.63, 3.8) is 0 Å². The number of rotatable bonds is 2. The molecule has 0 saturated heterocycles. The Labute approximate surface area is 106 Å². The van der Waals surface area contributed by atoms with Crippen LogP contribution in [-0.4, -0.2) is 9.97 Å². The third-order valence-electron chi connectivity index (χ3n) is 2.27. The highest BCUT2D eigenvalue weighted by atomic mass is 79.9. The fourth-order valence-electron chi connectivity index (χ4n) is 1.38. The SMILES string of the molecule is CCc1ccc(-c2nc(C)c(Br)c(=O)[nH]2)s1. The van der Waals surface area contributed by atoms with Gasteiger partial charge in [-0.25, -0.2) is 4.98 Å². The van der Waals surface area contributed by atoms with Crippen LogP contribution in [-0.2, 0) is 6.42 Å². The van der Waals surface area contributed by atoms with Gasteiger partial charge in [0.1, 0.15) is 4.47 Å². The molecule has 0 bridgehead atoms. The van der Waals surface area contributed by atoms with Crippen molar-refractivity contribution in [1.82, 2.24) is 9.97 Å². The van der Waals surface area contributed by atoms with Crippen LogP contribution in [0.25, 0.3) is 10.7 Å². The molecule has 2 aromatic heterocycles. The standard InChI is InChI=1S/C11H11BrN2OS/c1-3-7-4-5-8(16-7)10-13-6(2)9(12)11(15)14-10/h4-5H,3H2,1-2H3,(H,13,14,15). The van der Waals surface area contributed by atoms with Gasteiger partial charge in [0.05, 0.1) is 10.6 Å². The highest BCUT2D eigenvalue weighted by Crippen LogP contribution is 2.25. The number of hydrogen-bond donors (Lipinski definition) is 1. The molecule has 2 rings (SSSR count). The van der Waals surface area contributed by atoms with Crippen molar-refractivity contribution in [3.05, 3.63) is 37.5 Å². The molecule has 0 saturated carbocycles. The predicted octanol–water partition coefficient (Wildman–Crippen LogP) is 3.13. The first-order valence-corrected chi connectivity index (χ1v) is 6.58. The van der Waals surface area contributed by atoms with Gasteiger partial charge < -0.3 is 4.98 Å². The van der Waals surface area contributed by atoms with Crippen LogP contribution in [0.2, 0.25) is 0 Å². The van der Waals surface area contributed by atoms with Gasteiger partial charge in [0.2, 0.25) is 0 Å². The average molecular weight is 299 g/mol. The van der Waals surface area contributed by atoms with E-state index in [1.165, 1.54) is 4.88 Å². The minimum Gasteiger partial charge on any atom is -0.305 e. The van der Waals surface area contributed by atoms with E-state index in [2.05, 4.69) is 38.9 Å². The second kappa shape index (κ2) is 4.51. The number of hydrogen-bond acceptors (Lipinski definition) is 3. The van der Waals surface area contributed by atoms with Crippen LogP contribution < -0.4 is 5.56 Å². The Morgan fingerprint density at radius 1 is 1.50 bits per heavy atom. The number of aromatic nitrogens is 2. The van der Waals surface area contributed by atoms with Crippen LogP contribution in [0.15, 0.2) is 21.4 Å². The quantitative estimate of drug-likeness (QED) is 0.926. The van der Waals surface area contributed by atoms with Crippen LogP contribution in [0, 0.1) is 6.92 Å². The zero-order valence-corrected chi connectivity index (χ0v) is 11.4. The molecule has 16 heavy (non-hydrogen) atoms. The Morgan fingerprint density at radius 2 is 2.25 bits per heavy atom. The number of nitrogens with zero attached hydrogens (tertiary/aromatic N) is 1. The molecule has 0 fully saturated rings. The first-order chi connectivity index (χ1) is 7.61. The number of aryl methyl sites for hydroxylation is 2. The lowest BCUT2D eigenvalue weighted by atomic mass is 10.3. The molecule has 2 aromatic rings. The minimum absolute atomic E-state index is 0.131. The van der Waals surface area contributed by atoms with Gasteiger partial charge in [0.25, 0.3) is 5.56 Å². The fraction of sp³-hybridized carbons (Fsp3) is 0.273. The zero-order chi connectivity index (χ0) is 11.7. The summed E-state index contributed by atoms with van der Waals surface area (Å²) in [6.07, 6.45) is 1.00. The Balaban J connectivity index is 2.52. The van der Waals surface area contributed by atoms with E-state index in [4.69, 9.17) is 0 Å². The van der Waals surface area contributed by atoms with E-state index in [0.29, 0.717) is 16.0 Å². The van der Waals surface area contributed by atoms with Gasteiger partial charge in [-0.05, 0) is 41.4 Å². The fourth-order valence-corrected chi connectivity index (χ4v) is 2.46. The van der Waals surface area contributed by atoms with E-state index in [9.17, 15) is 4.79 Å². The smallest absolute Gasteiger partial charge is 0.265 e. The molecule has 0 radical (unpaired) electrons. The summed E-state index contributed by atoms with van der Waals surface area (Å²) in [6.45, 7) is 3.93. The van der Waals surface area contributed by atoms with E-state index in [0.717, 1.165) is 11.3 Å². The first kappa shape index (κ1) is 11.5. The lowest BCUT2D eigenvalue weighted by Gasteiger charge is -2.00. The maximum absolute atomic E-state index is 11.6. The molecule has 0 amide bonds. The molecule has 3 nitrogen and oxygen atoms in total. The van der Waals surface area contributed by atoms with Crippen LogP contribution in [0.4, 0.5) is 0 Å². The van der Waals surface area contributed by atoms with Crippen molar-refractivity contribution in [2.24, 2.45) is 0 Å². The molecule has 0 atom stereocenters. The van der Waals surface area contributed by atoms with E-state index in [-0.39, 0.29) is 5.56 Å². The topological polar surface area (TPSA) is 45.8 Å². The first-order valence-electron chi connectivity index (χ1n) is 4.97. The Kier molecular flexibility index (Phi) is 3.25. The van der Waals surface area contributed by atoms with Gasteiger partial charge in [-0.15, -0.1) is 11.3 Å². The Bertz CT molecular complexity index is 574. The Hall–Kier alpha value is -0.940. The van der Waals surface area contributed by atoms with Gasteiger partial charge in [0.15, 0.2) is 5.82 Å². The lowest BCUT2D eigenvalue weighted by Crippen LogP contribution is -2.11. The van der Waals surface area contributed by atoms with Gasteiger partial charge in [0, 0.05) is 4.88 Å². The normalized spacial score (nSPS) is 10.7. The van der Waals surface area contributed by atoms with Crippen molar-refractivity contribution in [1.29, 1.82) is 0 Å². The van der Waals surface area contributed by atoms with E-state index in [1.54, 1.807) is 11.3 Å².